The minimum Gasteiger partial charge on any atom is -0.481 e. The normalized spacial score (nSPS) is 17.5. The first-order valence-corrected chi connectivity index (χ1v) is 8.03. The van der Waals surface area contributed by atoms with Crippen molar-refractivity contribution >= 4 is 17.6 Å². The largest absolute Gasteiger partial charge is 0.481 e. The molecule has 8 nitrogen and oxygen atoms in total. The van der Waals surface area contributed by atoms with Crippen LogP contribution in [0.5, 0.6) is 5.88 Å². The molecular formula is C16H23N7O. The van der Waals surface area contributed by atoms with E-state index >= 15 is 0 Å². The Morgan fingerprint density at radius 2 is 2.17 bits per heavy atom. The van der Waals surface area contributed by atoms with Gasteiger partial charge >= 0.3 is 0 Å². The molecule has 0 aromatic carbocycles. The van der Waals surface area contributed by atoms with Gasteiger partial charge in [0.1, 0.15) is 18.0 Å². The molecule has 1 aliphatic heterocycles. The maximum absolute atomic E-state index is 5.19. The summed E-state index contributed by atoms with van der Waals surface area (Å²) in [6.07, 6.45) is 5.51. The third-order valence-corrected chi connectivity index (χ3v) is 3.98. The maximum atomic E-state index is 5.19. The van der Waals surface area contributed by atoms with Crippen LogP contribution in [-0.4, -0.2) is 60.3 Å². The highest BCUT2D eigenvalue weighted by Crippen LogP contribution is 2.22. The van der Waals surface area contributed by atoms with Crippen LogP contribution in [0.3, 0.4) is 0 Å². The Hall–Kier alpha value is -2.64. The van der Waals surface area contributed by atoms with Gasteiger partial charge in [-0.25, -0.2) is 15.0 Å². The Kier molecular flexibility index (Phi) is 4.93. The number of ether oxygens (including phenoxy) is 1. The topological polar surface area (TPSA) is 79.3 Å². The van der Waals surface area contributed by atoms with E-state index < -0.39 is 0 Å². The second-order valence-electron chi connectivity index (χ2n) is 5.98. The van der Waals surface area contributed by atoms with Crippen molar-refractivity contribution in [1.82, 2.24) is 19.9 Å². The van der Waals surface area contributed by atoms with Gasteiger partial charge in [-0.1, -0.05) is 0 Å². The number of aromatic nitrogens is 4. The van der Waals surface area contributed by atoms with Crippen LogP contribution in [0.25, 0.3) is 0 Å². The van der Waals surface area contributed by atoms with Gasteiger partial charge in [-0.15, -0.1) is 0 Å². The lowest BCUT2D eigenvalue weighted by molar-refractivity contribution is 0.396. The van der Waals surface area contributed by atoms with Gasteiger partial charge in [-0.3, -0.25) is 0 Å². The monoisotopic (exact) mass is 329 g/mol. The number of piperidine rings is 1. The Morgan fingerprint density at radius 1 is 1.29 bits per heavy atom. The first-order valence-electron chi connectivity index (χ1n) is 8.03. The molecule has 2 aromatic heterocycles. The number of hydrogen-bond donors (Lipinski definition) is 1. The molecule has 0 aliphatic carbocycles. The molecule has 3 rings (SSSR count). The molecular weight excluding hydrogens is 306 g/mol. The standard InChI is InChI=1S/C16H23N7O/c1-22(2)16-17-7-6-13(21-16)20-12-5-4-8-23(10-12)14-9-15(24-3)19-11-18-14/h6-7,9,11-12H,4-5,8,10H2,1-3H3,(H,17,20,21). The predicted octanol–water partition coefficient (Wildman–Crippen LogP) is 1.42. The highest BCUT2D eigenvalue weighted by molar-refractivity contribution is 5.44. The molecule has 2 aromatic rings. The van der Waals surface area contributed by atoms with E-state index in [4.69, 9.17) is 4.74 Å². The summed E-state index contributed by atoms with van der Waals surface area (Å²) in [5.74, 6) is 3.03. The Morgan fingerprint density at radius 3 is 2.96 bits per heavy atom. The molecule has 128 valence electrons. The summed E-state index contributed by atoms with van der Waals surface area (Å²) in [7, 11) is 5.48. The van der Waals surface area contributed by atoms with Crippen LogP contribution < -0.4 is 19.9 Å². The number of hydrogen-bond acceptors (Lipinski definition) is 8. The van der Waals surface area contributed by atoms with Crippen molar-refractivity contribution in [2.75, 3.05) is 49.4 Å². The molecule has 1 fully saturated rings. The fourth-order valence-electron chi connectivity index (χ4n) is 2.77. The van der Waals surface area contributed by atoms with E-state index in [1.54, 1.807) is 19.6 Å². The third kappa shape index (κ3) is 3.81. The highest BCUT2D eigenvalue weighted by Gasteiger charge is 2.21. The van der Waals surface area contributed by atoms with Crippen LogP contribution >= 0.6 is 0 Å². The molecule has 24 heavy (non-hydrogen) atoms. The summed E-state index contributed by atoms with van der Waals surface area (Å²) in [5.41, 5.74) is 0. The molecule has 0 spiro atoms. The van der Waals surface area contributed by atoms with Crippen molar-refractivity contribution in [2.24, 2.45) is 0 Å². The maximum Gasteiger partial charge on any atom is 0.226 e. The highest BCUT2D eigenvalue weighted by atomic mass is 16.5. The lowest BCUT2D eigenvalue weighted by Crippen LogP contribution is -2.42. The van der Waals surface area contributed by atoms with Crippen molar-refractivity contribution in [1.29, 1.82) is 0 Å². The van der Waals surface area contributed by atoms with Gasteiger partial charge in [-0.05, 0) is 18.9 Å². The summed E-state index contributed by atoms with van der Waals surface area (Å²) < 4.78 is 5.19. The third-order valence-electron chi connectivity index (χ3n) is 3.98. The van der Waals surface area contributed by atoms with Gasteiger partial charge in [0, 0.05) is 45.5 Å². The molecule has 0 bridgehead atoms. The lowest BCUT2D eigenvalue weighted by Gasteiger charge is -2.34. The molecule has 3 heterocycles. The summed E-state index contributed by atoms with van der Waals surface area (Å²) >= 11 is 0. The molecule has 0 saturated carbocycles. The first-order chi connectivity index (χ1) is 11.7. The second-order valence-corrected chi connectivity index (χ2v) is 5.98. The molecule has 1 unspecified atom stereocenters. The van der Waals surface area contributed by atoms with Gasteiger partial charge in [0.15, 0.2) is 0 Å². The quantitative estimate of drug-likeness (QED) is 0.882. The fourth-order valence-corrected chi connectivity index (χ4v) is 2.77. The summed E-state index contributed by atoms with van der Waals surface area (Å²) in [6.45, 7) is 1.84. The number of methoxy groups -OCH3 is 1. The van der Waals surface area contributed by atoms with Crippen LogP contribution in [0.4, 0.5) is 17.6 Å². The Labute approximate surface area is 141 Å². The van der Waals surface area contributed by atoms with E-state index in [1.807, 2.05) is 31.1 Å². The minimum atomic E-state index is 0.310. The van der Waals surface area contributed by atoms with Crippen LogP contribution in [0, 0.1) is 0 Å². The van der Waals surface area contributed by atoms with E-state index in [9.17, 15) is 0 Å². The van der Waals surface area contributed by atoms with Gasteiger partial charge in [0.25, 0.3) is 0 Å². The smallest absolute Gasteiger partial charge is 0.226 e. The molecule has 1 N–H and O–H groups in total. The average molecular weight is 329 g/mol. The minimum absolute atomic E-state index is 0.310. The lowest BCUT2D eigenvalue weighted by atomic mass is 10.1. The Balaban J connectivity index is 1.68. The van der Waals surface area contributed by atoms with Crippen molar-refractivity contribution in [2.45, 2.75) is 18.9 Å². The van der Waals surface area contributed by atoms with Crippen LogP contribution in [0.15, 0.2) is 24.7 Å². The fraction of sp³-hybridized carbons (Fsp3) is 0.500. The van der Waals surface area contributed by atoms with Crippen molar-refractivity contribution in [3.8, 4) is 5.88 Å². The molecule has 1 saturated heterocycles. The van der Waals surface area contributed by atoms with Gasteiger partial charge in [0.05, 0.1) is 7.11 Å². The zero-order valence-electron chi connectivity index (χ0n) is 14.3. The molecule has 8 heteroatoms. The number of anilines is 3. The van der Waals surface area contributed by atoms with E-state index in [2.05, 4.69) is 30.2 Å². The molecule has 1 aliphatic rings. The van der Waals surface area contributed by atoms with Crippen molar-refractivity contribution in [3.63, 3.8) is 0 Å². The zero-order chi connectivity index (χ0) is 16.9. The van der Waals surface area contributed by atoms with Crippen LogP contribution in [-0.2, 0) is 0 Å². The van der Waals surface area contributed by atoms with Crippen LogP contribution in [0.2, 0.25) is 0 Å². The zero-order valence-corrected chi connectivity index (χ0v) is 14.3. The van der Waals surface area contributed by atoms with E-state index in [1.165, 1.54) is 0 Å². The van der Waals surface area contributed by atoms with Crippen molar-refractivity contribution < 1.29 is 4.74 Å². The molecule has 0 amide bonds. The SMILES string of the molecule is COc1cc(N2CCCC(Nc3ccnc(N(C)C)n3)C2)ncn1. The predicted molar refractivity (Wildman–Crippen MR) is 93.8 cm³/mol. The van der Waals surface area contributed by atoms with E-state index in [0.717, 1.165) is 37.6 Å². The summed E-state index contributed by atoms with van der Waals surface area (Å²) in [6, 6.07) is 4.08. The van der Waals surface area contributed by atoms with E-state index in [0.29, 0.717) is 17.9 Å². The number of rotatable bonds is 5. The van der Waals surface area contributed by atoms with Gasteiger partial charge in [0.2, 0.25) is 11.8 Å². The average Bonchev–Trinajstić information content (AvgIpc) is 2.62. The molecule has 1 atom stereocenters. The number of nitrogens with zero attached hydrogens (tertiary/aromatic N) is 6. The molecule has 0 radical (unpaired) electrons. The van der Waals surface area contributed by atoms with E-state index in [-0.39, 0.29) is 0 Å². The summed E-state index contributed by atoms with van der Waals surface area (Å²) in [5, 5.41) is 3.51. The van der Waals surface area contributed by atoms with Gasteiger partial charge < -0.3 is 19.9 Å². The number of nitrogens with one attached hydrogen (secondary N) is 1. The second kappa shape index (κ2) is 7.29. The van der Waals surface area contributed by atoms with Gasteiger partial charge in [-0.2, -0.15) is 4.98 Å². The van der Waals surface area contributed by atoms with Crippen molar-refractivity contribution in [3.05, 3.63) is 24.7 Å². The summed E-state index contributed by atoms with van der Waals surface area (Å²) in [4.78, 5) is 21.4. The van der Waals surface area contributed by atoms with Crippen LogP contribution in [0.1, 0.15) is 12.8 Å². The first kappa shape index (κ1) is 16.2. The Bertz CT molecular complexity index is 679.